The van der Waals surface area contributed by atoms with Gasteiger partial charge >= 0.3 is 11.1 Å². The molecule has 0 bridgehead atoms. The molecule has 0 saturated carbocycles. The maximum atomic E-state index is 11.8. The maximum Gasteiger partial charge on any atom is 0.314 e. The molecule has 2 N–H and O–H groups in total. The van der Waals surface area contributed by atoms with Crippen molar-refractivity contribution in [1.29, 1.82) is 0 Å². The molecule has 1 aromatic carbocycles. The Hall–Kier alpha value is -2.56. The van der Waals surface area contributed by atoms with Crippen molar-refractivity contribution in [1.82, 2.24) is 14.9 Å². The van der Waals surface area contributed by atoms with Gasteiger partial charge in [0.1, 0.15) is 0 Å². The number of aromatic amines is 2. The monoisotopic (exact) mass is 376 g/mol. The third-order valence-electron chi connectivity index (χ3n) is 5.39. The minimum atomic E-state index is -0.831. The summed E-state index contributed by atoms with van der Waals surface area (Å²) in [7, 11) is 0. The van der Waals surface area contributed by atoms with Gasteiger partial charge in [-0.1, -0.05) is 0 Å². The number of ether oxygens (including phenoxy) is 2. The van der Waals surface area contributed by atoms with Gasteiger partial charge in [-0.3, -0.25) is 24.6 Å². The summed E-state index contributed by atoms with van der Waals surface area (Å²) in [5.41, 5.74) is 0.0975. The quantitative estimate of drug-likeness (QED) is 0.460. The van der Waals surface area contributed by atoms with E-state index in [0.717, 1.165) is 0 Å². The smallest absolute Gasteiger partial charge is 0.314 e. The molecule has 2 aliphatic rings. The number of fused-ring (bicyclic) bond motifs is 1. The van der Waals surface area contributed by atoms with E-state index in [0.29, 0.717) is 62.3 Å². The van der Waals surface area contributed by atoms with E-state index in [2.05, 4.69) is 14.9 Å². The van der Waals surface area contributed by atoms with E-state index in [-0.39, 0.29) is 11.2 Å². The van der Waals surface area contributed by atoms with E-state index in [4.69, 9.17) is 9.47 Å². The van der Waals surface area contributed by atoms with Crippen LogP contribution in [0.4, 0.5) is 5.69 Å². The lowest BCUT2D eigenvalue weighted by molar-refractivity contribution is -0.385. The Morgan fingerprint density at radius 1 is 1.19 bits per heavy atom. The maximum absolute atomic E-state index is 11.8. The zero-order valence-corrected chi connectivity index (χ0v) is 14.9. The minimum absolute atomic E-state index is 0.0869. The van der Waals surface area contributed by atoms with Crippen LogP contribution in [0.1, 0.15) is 24.0 Å². The van der Waals surface area contributed by atoms with Crippen molar-refractivity contribution in [2.45, 2.75) is 32.1 Å². The predicted octanol–water partition coefficient (Wildman–Crippen LogP) is 0.772. The Bertz CT molecular complexity index is 1010. The van der Waals surface area contributed by atoms with E-state index in [9.17, 15) is 19.7 Å². The van der Waals surface area contributed by atoms with Crippen molar-refractivity contribution in [3.63, 3.8) is 0 Å². The largest absolute Gasteiger partial charge is 0.347 e. The highest BCUT2D eigenvalue weighted by atomic mass is 16.7. The Balaban J connectivity index is 1.71. The number of hydrogen-bond donors (Lipinski definition) is 2. The van der Waals surface area contributed by atoms with Crippen LogP contribution < -0.4 is 11.1 Å². The Labute approximate surface area is 153 Å². The molecule has 2 aliphatic heterocycles. The molecule has 1 aromatic heterocycles. The van der Waals surface area contributed by atoms with E-state index >= 15 is 0 Å². The second-order valence-corrected chi connectivity index (χ2v) is 6.97. The number of piperidine rings is 1. The van der Waals surface area contributed by atoms with Crippen LogP contribution in [-0.2, 0) is 16.0 Å². The molecule has 10 nitrogen and oxygen atoms in total. The van der Waals surface area contributed by atoms with Gasteiger partial charge in [0.25, 0.3) is 5.69 Å². The van der Waals surface area contributed by atoms with E-state index < -0.39 is 21.8 Å². The number of benzene rings is 1. The first-order chi connectivity index (χ1) is 12.9. The fourth-order valence-electron chi connectivity index (χ4n) is 3.86. The zero-order valence-electron chi connectivity index (χ0n) is 14.9. The van der Waals surface area contributed by atoms with Crippen LogP contribution in [-0.4, -0.2) is 51.9 Å². The van der Waals surface area contributed by atoms with E-state index in [1.54, 1.807) is 6.92 Å². The number of nitro groups is 1. The average Bonchev–Trinajstić information content (AvgIpc) is 3.09. The average molecular weight is 376 g/mol. The molecular weight excluding hydrogens is 356 g/mol. The first kappa shape index (κ1) is 17.8. The fraction of sp³-hybridized carbons (Fsp3) is 0.529. The second-order valence-electron chi connectivity index (χ2n) is 6.97. The molecule has 144 valence electrons. The molecule has 0 aliphatic carbocycles. The molecule has 0 amide bonds. The molecule has 3 heterocycles. The van der Waals surface area contributed by atoms with Gasteiger partial charge in [0.05, 0.1) is 29.2 Å². The van der Waals surface area contributed by atoms with Gasteiger partial charge in [-0.25, -0.2) is 0 Å². The molecule has 4 rings (SSSR count). The number of nitrogens with zero attached hydrogens (tertiary/aromatic N) is 2. The second kappa shape index (κ2) is 6.55. The van der Waals surface area contributed by atoms with Crippen molar-refractivity contribution < 1.29 is 14.4 Å². The van der Waals surface area contributed by atoms with Gasteiger partial charge in [-0.05, 0) is 6.92 Å². The molecular formula is C17H20N4O6. The molecule has 0 unspecified atom stereocenters. The number of H-pyrrole nitrogens is 2. The molecule has 2 fully saturated rings. The van der Waals surface area contributed by atoms with E-state index in [1.807, 2.05) is 0 Å². The predicted molar refractivity (Wildman–Crippen MR) is 95.7 cm³/mol. The lowest BCUT2D eigenvalue weighted by Gasteiger charge is -2.37. The summed E-state index contributed by atoms with van der Waals surface area (Å²) in [4.78, 5) is 41.5. The normalized spacial score (nSPS) is 19.7. The van der Waals surface area contributed by atoms with Crippen LogP contribution in [0.25, 0.3) is 11.0 Å². The zero-order chi connectivity index (χ0) is 19.2. The summed E-state index contributed by atoms with van der Waals surface area (Å²) in [6.07, 6.45) is 1.43. The molecule has 10 heteroatoms. The summed E-state index contributed by atoms with van der Waals surface area (Å²) in [5, 5.41) is 11.4. The SMILES string of the molecule is Cc1c([N+](=O)[O-])cc2[nH]c(=O)c(=O)[nH]c2c1CN1CCC2(CC1)OCCO2. The van der Waals surface area contributed by atoms with Crippen molar-refractivity contribution >= 4 is 16.7 Å². The summed E-state index contributed by atoms with van der Waals surface area (Å²) in [6.45, 7) is 4.69. The molecule has 0 atom stereocenters. The van der Waals surface area contributed by atoms with Crippen molar-refractivity contribution in [3.05, 3.63) is 48.0 Å². The number of rotatable bonds is 3. The number of nitro benzene ring substituents is 1. The first-order valence-electron chi connectivity index (χ1n) is 8.82. The summed E-state index contributed by atoms with van der Waals surface area (Å²) in [5.74, 6) is -0.504. The van der Waals surface area contributed by atoms with E-state index in [1.165, 1.54) is 6.07 Å². The first-order valence-corrected chi connectivity index (χ1v) is 8.82. The minimum Gasteiger partial charge on any atom is -0.347 e. The van der Waals surface area contributed by atoms with Gasteiger partial charge in [-0.2, -0.15) is 0 Å². The van der Waals surface area contributed by atoms with Crippen LogP contribution >= 0.6 is 0 Å². The topological polar surface area (TPSA) is 131 Å². The highest BCUT2D eigenvalue weighted by molar-refractivity contribution is 5.82. The fourth-order valence-corrected chi connectivity index (χ4v) is 3.86. The molecule has 2 saturated heterocycles. The molecule has 0 radical (unpaired) electrons. The number of hydrogen-bond acceptors (Lipinski definition) is 7. The van der Waals surface area contributed by atoms with Gasteiger partial charge in [0, 0.05) is 49.7 Å². The van der Waals surface area contributed by atoms with Gasteiger partial charge < -0.3 is 19.4 Å². The number of likely N-dealkylation sites (tertiary alicyclic amines) is 1. The lowest BCUT2D eigenvalue weighted by Crippen LogP contribution is -2.44. The third kappa shape index (κ3) is 3.15. The van der Waals surface area contributed by atoms with Crippen molar-refractivity contribution in [3.8, 4) is 0 Å². The Morgan fingerprint density at radius 3 is 2.44 bits per heavy atom. The lowest BCUT2D eigenvalue weighted by atomic mass is 10.00. The third-order valence-corrected chi connectivity index (χ3v) is 5.39. The number of nitrogens with one attached hydrogen (secondary N) is 2. The van der Waals surface area contributed by atoms with Crippen LogP contribution in [0.15, 0.2) is 15.7 Å². The molecule has 27 heavy (non-hydrogen) atoms. The summed E-state index contributed by atoms with van der Waals surface area (Å²) < 4.78 is 11.5. The molecule has 2 aromatic rings. The van der Waals surface area contributed by atoms with Gasteiger partial charge in [0.2, 0.25) is 0 Å². The van der Waals surface area contributed by atoms with Crippen LogP contribution in [0.3, 0.4) is 0 Å². The standard InChI is InChI=1S/C17H20N4O6/c1-10-11(9-20-4-2-17(3-5-20)26-6-7-27-17)14-12(8-13(10)21(24)25)18-15(22)16(23)19-14/h8H,2-7,9H2,1H3,(H,18,22)(H,19,23). The van der Waals surface area contributed by atoms with Crippen LogP contribution in [0.5, 0.6) is 0 Å². The van der Waals surface area contributed by atoms with Crippen molar-refractivity contribution in [2.75, 3.05) is 26.3 Å². The number of aromatic nitrogens is 2. The highest BCUT2D eigenvalue weighted by Gasteiger charge is 2.39. The van der Waals surface area contributed by atoms with Gasteiger partial charge in [0.15, 0.2) is 5.79 Å². The summed E-state index contributed by atoms with van der Waals surface area (Å²) in [6, 6.07) is 1.29. The van der Waals surface area contributed by atoms with Crippen molar-refractivity contribution in [2.24, 2.45) is 0 Å². The summed E-state index contributed by atoms with van der Waals surface area (Å²) >= 11 is 0. The van der Waals surface area contributed by atoms with Crippen LogP contribution in [0, 0.1) is 17.0 Å². The Morgan fingerprint density at radius 2 is 1.81 bits per heavy atom. The van der Waals surface area contributed by atoms with Gasteiger partial charge in [-0.15, -0.1) is 0 Å². The van der Waals surface area contributed by atoms with Crippen LogP contribution in [0.2, 0.25) is 0 Å². The Kier molecular flexibility index (Phi) is 4.33. The highest BCUT2D eigenvalue weighted by Crippen LogP contribution is 2.33. The molecule has 1 spiro atoms.